The van der Waals surface area contributed by atoms with Gasteiger partial charge in [0.05, 0.1) is 0 Å². The Morgan fingerprint density at radius 2 is 2.05 bits per heavy atom. The predicted octanol–water partition coefficient (Wildman–Crippen LogP) is 3.41. The first-order valence-corrected chi connectivity index (χ1v) is 7.61. The monoisotopic (exact) mass is 291 g/mol. The highest BCUT2D eigenvalue weighted by molar-refractivity contribution is 5.66. The molecule has 1 amide bonds. The normalized spacial score (nSPS) is 14.3. The molecule has 1 aliphatic heterocycles. The van der Waals surface area contributed by atoms with Gasteiger partial charge in [-0.3, -0.25) is 4.90 Å². The molecule has 116 valence electrons. The Kier molecular flexibility index (Phi) is 4.88. The molecule has 0 aliphatic carbocycles. The van der Waals surface area contributed by atoms with E-state index in [0.29, 0.717) is 13.1 Å². The maximum Gasteiger partial charge on any atom is 0.407 e. The molecule has 2 rings (SSSR count). The van der Waals surface area contributed by atoms with Gasteiger partial charge in [-0.25, -0.2) is 4.79 Å². The predicted molar refractivity (Wildman–Crippen MR) is 82.1 cm³/mol. The summed E-state index contributed by atoms with van der Waals surface area (Å²) in [5.41, 5.74) is 3.61. The van der Waals surface area contributed by atoms with E-state index >= 15 is 0 Å². The Bertz CT molecular complexity index is 511. The van der Waals surface area contributed by atoms with Crippen molar-refractivity contribution >= 4 is 6.09 Å². The second kappa shape index (κ2) is 6.48. The van der Waals surface area contributed by atoms with Crippen molar-refractivity contribution < 1.29 is 15.0 Å². The zero-order valence-electron chi connectivity index (χ0n) is 12.9. The number of unbranched alkanes of at least 4 members (excludes halogenated alkanes) is 1. The lowest BCUT2D eigenvalue weighted by molar-refractivity contribution is 0.145. The number of aryl methyl sites for hydroxylation is 1. The van der Waals surface area contributed by atoms with Gasteiger partial charge < -0.3 is 10.2 Å². The van der Waals surface area contributed by atoms with Crippen molar-refractivity contribution in [3.8, 4) is 0 Å². The van der Waals surface area contributed by atoms with E-state index in [2.05, 4.69) is 19.9 Å². The van der Waals surface area contributed by atoms with Crippen molar-refractivity contribution in [2.75, 3.05) is 6.61 Å². The van der Waals surface area contributed by atoms with Crippen molar-refractivity contribution in [3.63, 3.8) is 0 Å². The van der Waals surface area contributed by atoms with Gasteiger partial charge in [0.1, 0.15) is 0 Å². The number of nitrogens with zero attached hydrogens (tertiary/aromatic N) is 1. The van der Waals surface area contributed by atoms with Crippen LogP contribution >= 0.6 is 0 Å². The van der Waals surface area contributed by atoms with E-state index < -0.39 is 6.09 Å². The molecule has 0 saturated heterocycles. The summed E-state index contributed by atoms with van der Waals surface area (Å²) < 4.78 is 0. The fourth-order valence-corrected chi connectivity index (χ4v) is 2.86. The molecule has 0 radical (unpaired) electrons. The first kappa shape index (κ1) is 15.8. The van der Waals surface area contributed by atoms with Crippen LogP contribution in [0.3, 0.4) is 0 Å². The number of carbonyl (C=O) groups is 1. The highest BCUT2D eigenvalue weighted by Crippen LogP contribution is 2.28. The molecule has 21 heavy (non-hydrogen) atoms. The zero-order chi connectivity index (χ0) is 15.5. The van der Waals surface area contributed by atoms with E-state index in [1.54, 1.807) is 0 Å². The van der Waals surface area contributed by atoms with E-state index in [0.717, 1.165) is 31.2 Å². The van der Waals surface area contributed by atoms with Crippen molar-refractivity contribution in [2.45, 2.75) is 52.6 Å². The quantitative estimate of drug-likeness (QED) is 0.790. The van der Waals surface area contributed by atoms with Gasteiger partial charge in [0.2, 0.25) is 0 Å². The highest BCUT2D eigenvalue weighted by Gasteiger charge is 2.24. The average Bonchev–Trinajstić information content (AvgIpc) is 2.88. The number of carboxylic acid groups (broad SMARTS) is 1. The fraction of sp³-hybridized carbons (Fsp3) is 0.588. The molecule has 0 saturated carbocycles. The highest BCUT2D eigenvalue weighted by atomic mass is 16.4. The lowest BCUT2D eigenvalue weighted by Crippen LogP contribution is -2.22. The van der Waals surface area contributed by atoms with Gasteiger partial charge in [0.15, 0.2) is 0 Å². The summed E-state index contributed by atoms with van der Waals surface area (Å²) in [6.07, 6.45) is 3.31. The van der Waals surface area contributed by atoms with Crippen LogP contribution < -0.4 is 0 Å². The molecule has 0 fully saturated rings. The minimum absolute atomic E-state index is 0.00125. The van der Waals surface area contributed by atoms with Crippen molar-refractivity contribution in [2.24, 2.45) is 5.41 Å². The van der Waals surface area contributed by atoms with Crippen molar-refractivity contribution in [3.05, 3.63) is 34.9 Å². The topological polar surface area (TPSA) is 60.8 Å². The summed E-state index contributed by atoms with van der Waals surface area (Å²) in [7, 11) is 0. The van der Waals surface area contributed by atoms with Crippen LogP contribution in [0.15, 0.2) is 18.2 Å². The molecule has 0 aromatic heterocycles. The zero-order valence-corrected chi connectivity index (χ0v) is 12.9. The number of fused-ring (bicyclic) bond motifs is 1. The molecule has 1 aromatic carbocycles. The molecule has 4 nitrogen and oxygen atoms in total. The molecule has 2 N–H and O–H groups in total. The van der Waals surface area contributed by atoms with Crippen molar-refractivity contribution in [1.29, 1.82) is 0 Å². The van der Waals surface area contributed by atoms with E-state index in [1.807, 2.05) is 12.1 Å². The Balaban J connectivity index is 1.92. The van der Waals surface area contributed by atoms with E-state index in [1.165, 1.54) is 16.0 Å². The summed E-state index contributed by atoms with van der Waals surface area (Å²) in [4.78, 5) is 12.5. The third-order valence-electron chi connectivity index (χ3n) is 4.33. The molecule has 1 heterocycles. The first-order chi connectivity index (χ1) is 9.93. The Labute approximate surface area is 126 Å². The maximum atomic E-state index is 11.1. The first-order valence-electron chi connectivity index (χ1n) is 7.61. The second-order valence-electron chi connectivity index (χ2n) is 6.72. The van der Waals surface area contributed by atoms with Gasteiger partial charge in [0, 0.05) is 19.7 Å². The summed E-state index contributed by atoms with van der Waals surface area (Å²) >= 11 is 0. The molecule has 4 heteroatoms. The second-order valence-corrected chi connectivity index (χ2v) is 6.72. The third kappa shape index (κ3) is 3.97. The summed E-state index contributed by atoms with van der Waals surface area (Å²) in [6, 6.07) is 6.16. The average molecular weight is 291 g/mol. The molecule has 1 aliphatic rings. The van der Waals surface area contributed by atoms with Crippen LogP contribution in [-0.4, -0.2) is 27.8 Å². The van der Waals surface area contributed by atoms with Gasteiger partial charge >= 0.3 is 6.09 Å². The molecular weight excluding hydrogens is 266 g/mol. The number of rotatable bonds is 6. The van der Waals surface area contributed by atoms with Gasteiger partial charge in [-0.05, 0) is 41.4 Å². The molecule has 0 bridgehead atoms. The molecule has 0 spiro atoms. The Morgan fingerprint density at radius 3 is 2.71 bits per heavy atom. The molecular formula is C17H25NO3. The van der Waals surface area contributed by atoms with Crippen LogP contribution in [0, 0.1) is 5.41 Å². The van der Waals surface area contributed by atoms with Crippen LogP contribution in [0.5, 0.6) is 0 Å². The molecule has 0 atom stereocenters. The molecule has 1 aromatic rings. The number of amides is 1. The number of aliphatic hydroxyl groups excluding tert-OH is 1. The van der Waals surface area contributed by atoms with Crippen LogP contribution in [0.2, 0.25) is 0 Å². The lowest BCUT2D eigenvalue weighted by atomic mass is 9.87. The molecule has 0 unspecified atom stereocenters. The standard InChI is InChI=1S/C17H25NO3/c1-17(2,12-19)9-4-3-6-13-7-5-8-14-10-18(16(20)21)11-15(13)14/h5,7-8,19H,3-4,6,9-12H2,1-2H3,(H,20,21). The minimum atomic E-state index is -0.846. The Morgan fingerprint density at radius 1 is 1.29 bits per heavy atom. The van der Waals surface area contributed by atoms with Gasteiger partial charge in [-0.1, -0.05) is 38.5 Å². The summed E-state index contributed by atoms with van der Waals surface area (Å²) in [5.74, 6) is 0. The largest absolute Gasteiger partial charge is 0.465 e. The van der Waals surface area contributed by atoms with Crippen molar-refractivity contribution in [1.82, 2.24) is 4.90 Å². The number of aliphatic hydroxyl groups is 1. The van der Waals surface area contributed by atoms with Crippen LogP contribution in [0.25, 0.3) is 0 Å². The third-order valence-corrected chi connectivity index (χ3v) is 4.33. The number of benzene rings is 1. The smallest absolute Gasteiger partial charge is 0.407 e. The summed E-state index contributed by atoms with van der Waals surface area (Å²) in [5, 5.41) is 18.4. The van der Waals surface area contributed by atoms with E-state index in [4.69, 9.17) is 5.11 Å². The minimum Gasteiger partial charge on any atom is -0.465 e. The number of hydrogen-bond acceptors (Lipinski definition) is 2. The fourth-order valence-electron chi connectivity index (χ4n) is 2.86. The maximum absolute atomic E-state index is 11.1. The van der Waals surface area contributed by atoms with E-state index in [-0.39, 0.29) is 12.0 Å². The Hall–Kier alpha value is -1.55. The van der Waals surface area contributed by atoms with Gasteiger partial charge in [0.25, 0.3) is 0 Å². The SMILES string of the molecule is CC(C)(CO)CCCCc1cccc2c1CN(C(=O)O)C2. The summed E-state index contributed by atoms with van der Waals surface area (Å²) in [6.45, 7) is 5.41. The number of hydrogen-bond donors (Lipinski definition) is 2. The van der Waals surface area contributed by atoms with Crippen LogP contribution in [-0.2, 0) is 19.5 Å². The van der Waals surface area contributed by atoms with Gasteiger partial charge in [-0.2, -0.15) is 0 Å². The lowest BCUT2D eigenvalue weighted by Gasteiger charge is -2.21. The van der Waals surface area contributed by atoms with Gasteiger partial charge in [-0.15, -0.1) is 0 Å². The van der Waals surface area contributed by atoms with E-state index in [9.17, 15) is 9.90 Å². The van der Waals surface area contributed by atoms with Crippen LogP contribution in [0.1, 0.15) is 49.8 Å². The van der Waals surface area contributed by atoms with Crippen LogP contribution in [0.4, 0.5) is 4.79 Å².